The summed E-state index contributed by atoms with van der Waals surface area (Å²) in [5, 5.41) is 5.70. The van der Waals surface area contributed by atoms with Crippen molar-refractivity contribution in [2.45, 2.75) is 26.3 Å². The quantitative estimate of drug-likeness (QED) is 0.786. The van der Waals surface area contributed by atoms with Gasteiger partial charge in [-0.2, -0.15) is 0 Å². The molecule has 4 nitrogen and oxygen atoms in total. The summed E-state index contributed by atoms with van der Waals surface area (Å²) in [6.07, 6.45) is 0. The molecule has 0 radical (unpaired) electrons. The smallest absolute Gasteiger partial charge is 0.245 e. The lowest BCUT2D eigenvalue weighted by Gasteiger charge is -2.22. The lowest BCUT2D eigenvalue weighted by molar-refractivity contribution is -0.121. The zero-order valence-corrected chi connectivity index (χ0v) is 9.59. The van der Waals surface area contributed by atoms with Crippen LogP contribution in [-0.4, -0.2) is 23.5 Å². The molecule has 0 fully saturated rings. The predicted octanol–water partition coefficient (Wildman–Crippen LogP) is 1.33. The van der Waals surface area contributed by atoms with Gasteiger partial charge in [0.25, 0.3) is 0 Å². The second kappa shape index (κ2) is 4.40. The number of nitrogens with zero attached hydrogens (tertiary/aromatic N) is 1. The highest BCUT2D eigenvalue weighted by Crippen LogP contribution is 2.08. The summed E-state index contributed by atoms with van der Waals surface area (Å²) in [6.45, 7) is 5.52. The van der Waals surface area contributed by atoms with E-state index in [1.807, 2.05) is 32.9 Å². The topological polar surface area (TPSA) is 54.0 Å². The van der Waals surface area contributed by atoms with E-state index in [0.717, 1.165) is 5.69 Å². The van der Waals surface area contributed by atoms with Gasteiger partial charge in [-0.25, -0.2) is 4.98 Å². The molecule has 2 N–H and O–H groups in total. The number of carbonyl (C=O) groups is 1. The largest absolute Gasteiger partial charge is 0.309 e. The third kappa shape index (κ3) is 3.02. The Balaban J connectivity index is 2.75. The molecule has 0 bridgehead atoms. The zero-order valence-electron chi connectivity index (χ0n) is 9.59. The normalized spacial score (nSPS) is 11.2. The van der Waals surface area contributed by atoms with E-state index in [4.69, 9.17) is 0 Å². The molecule has 4 heteroatoms. The fourth-order valence-corrected chi connectivity index (χ4v) is 0.999. The third-order valence-electron chi connectivity index (χ3n) is 2.32. The van der Waals surface area contributed by atoms with Gasteiger partial charge in [-0.1, -0.05) is 6.07 Å². The molecule has 0 unspecified atom stereocenters. The van der Waals surface area contributed by atoms with Crippen molar-refractivity contribution in [3.05, 3.63) is 23.9 Å². The minimum absolute atomic E-state index is 0.0944. The standard InChI is InChI=1S/C11H17N3O/c1-8-6-5-7-9(13-8)14-10(15)11(2,3)12-4/h5-7,12H,1-4H3,(H,13,14,15). The first-order valence-corrected chi connectivity index (χ1v) is 4.90. The molecule has 0 atom stereocenters. The molecule has 0 saturated carbocycles. The van der Waals surface area contributed by atoms with Gasteiger partial charge in [0.15, 0.2) is 0 Å². The first-order valence-electron chi connectivity index (χ1n) is 4.90. The molecular formula is C11H17N3O. The molecule has 82 valence electrons. The number of carbonyl (C=O) groups excluding carboxylic acids is 1. The number of hydrogen-bond donors (Lipinski definition) is 2. The maximum Gasteiger partial charge on any atom is 0.245 e. The average Bonchev–Trinajstić information content (AvgIpc) is 2.17. The number of nitrogens with one attached hydrogen (secondary N) is 2. The van der Waals surface area contributed by atoms with Crippen molar-refractivity contribution in [3.63, 3.8) is 0 Å². The zero-order chi connectivity index (χ0) is 11.5. The van der Waals surface area contributed by atoms with Crippen LogP contribution >= 0.6 is 0 Å². The monoisotopic (exact) mass is 207 g/mol. The highest BCUT2D eigenvalue weighted by molar-refractivity contribution is 5.96. The fraction of sp³-hybridized carbons (Fsp3) is 0.455. The van der Waals surface area contributed by atoms with Gasteiger partial charge in [0.2, 0.25) is 5.91 Å². The molecule has 0 aliphatic rings. The number of anilines is 1. The van der Waals surface area contributed by atoms with Gasteiger partial charge in [0, 0.05) is 5.69 Å². The lowest BCUT2D eigenvalue weighted by atomic mass is 10.1. The Kier molecular flexibility index (Phi) is 3.42. The van der Waals surface area contributed by atoms with Crippen molar-refractivity contribution in [2.75, 3.05) is 12.4 Å². The number of amides is 1. The van der Waals surface area contributed by atoms with E-state index in [2.05, 4.69) is 15.6 Å². The van der Waals surface area contributed by atoms with E-state index >= 15 is 0 Å². The Labute approximate surface area is 90.1 Å². The van der Waals surface area contributed by atoms with Crippen LogP contribution < -0.4 is 10.6 Å². The molecule has 1 aromatic rings. The van der Waals surface area contributed by atoms with Crippen molar-refractivity contribution in [2.24, 2.45) is 0 Å². The van der Waals surface area contributed by atoms with Crippen LogP contribution in [0.15, 0.2) is 18.2 Å². The number of aryl methyl sites for hydroxylation is 1. The highest BCUT2D eigenvalue weighted by atomic mass is 16.2. The third-order valence-corrected chi connectivity index (χ3v) is 2.32. The van der Waals surface area contributed by atoms with Crippen LogP contribution in [0.5, 0.6) is 0 Å². The molecule has 0 aromatic carbocycles. The van der Waals surface area contributed by atoms with Gasteiger partial charge in [0.05, 0.1) is 5.54 Å². The summed E-state index contributed by atoms with van der Waals surface area (Å²) in [4.78, 5) is 16.0. The maximum absolute atomic E-state index is 11.8. The van der Waals surface area contributed by atoms with Crippen molar-refractivity contribution >= 4 is 11.7 Å². The summed E-state index contributed by atoms with van der Waals surface area (Å²) >= 11 is 0. The minimum Gasteiger partial charge on any atom is -0.309 e. The number of aromatic nitrogens is 1. The van der Waals surface area contributed by atoms with Crippen molar-refractivity contribution in [1.29, 1.82) is 0 Å². The second-order valence-corrected chi connectivity index (χ2v) is 3.99. The summed E-state index contributed by atoms with van der Waals surface area (Å²) in [5.74, 6) is 0.492. The van der Waals surface area contributed by atoms with Gasteiger partial charge in [0.1, 0.15) is 5.82 Å². The van der Waals surface area contributed by atoms with Crippen LogP contribution in [0.25, 0.3) is 0 Å². The Bertz CT molecular complexity index is 361. The van der Waals surface area contributed by atoms with E-state index in [1.165, 1.54) is 0 Å². The van der Waals surface area contributed by atoms with Gasteiger partial charge in [-0.15, -0.1) is 0 Å². The van der Waals surface area contributed by atoms with Crippen LogP contribution in [0.3, 0.4) is 0 Å². The average molecular weight is 207 g/mol. The molecule has 0 spiro atoms. The SMILES string of the molecule is CNC(C)(C)C(=O)Nc1cccc(C)n1. The van der Waals surface area contributed by atoms with Crippen LogP contribution in [0, 0.1) is 6.92 Å². The Morgan fingerprint density at radius 2 is 2.07 bits per heavy atom. The van der Waals surface area contributed by atoms with E-state index < -0.39 is 5.54 Å². The Morgan fingerprint density at radius 3 is 2.60 bits per heavy atom. The van der Waals surface area contributed by atoms with E-state index in [-0.39, 0.29) is 5.91 Å². The van der Waals surface area contributed by atoms with Gasteiger partial charge in [-0.05, 0) is 40.0 Å². The van der Waals surface area contributed by atoms with Crippen molar-refractivity contribution in [3.8, 4) is 0 Å². The van der Waals surface area contributed by atoms with Gasteiger partial charge < -0.3 is 10.6 Å². The molecule has 0 saturated heterocycles. The van der Waals surface area contributed by atoms with E-state index in [0.29, 0.717) is 5.82 Å². The number of likely N-dealkylation sites (N-methyl/N-ethyl adjacent to an activating group) is 1. The van der Waals surface area contributed by atoms with Crippen molar-refractivity contribution < 1.29 is 4.79 Å². The highest BCUT2D eigenvalue weighted by Gasteiger charge is 2.25. The van der Waals surface area contributed by atoms with Crippen LogP contribution in [0.4, 0.5) is 5.82 Å². The number of rotatable bonds is 3. The molecule has 1 amide bonds. The Morgan fingerprint density at radius 1 is 1.40 bits per heavy atom. The number of hydrogen-bond acceptors (Lipinski definition) is 3. The van der Waals surface area contributed by atoms with Crippen LogP contribution in [0.2, 0.25) is 0 Å². The van der Waals surface area contributed by atoms with Crippen LogP contribution in [-0.2, 0) is 4.79 Å². The van der Waals surface area contributed by atoms with E-state index in [1.54, 1.807) is 13.1 Å². The second-order valence-electron chi connectivity index (χ2n) is 3.99. The molecule has 1 heterocycles. The van der Waals surface area contributed by atoms with Gasteiger partial charge >= 0.3 is 0 Å². The number of pyridine rings is 1. The summed E-state index contributed by atoms with van der Waals surface area (Å²) in [6, 6.07) is 5.53. The minimum atomic E-state index is -0.592. The predicted molar refractivity (Wildman–Crippen MR) is 60.7 cm³/mol. The lowest BCUT2D eigenvalue weighted by Crippen LogP contribution is -2.48. The molecule has 0 aliphatic heterocycles. The molecule has 15 heavy (non-hydrogen) atoms. The first-order chi connectivity index (χ1) is 6.95. The molecular weight excluding hydrogens is 190 g/mol. The van der Waals surface area contributed by atoms with E-state index in [9.17, 15) is 4.79 Å². The molecule has 0 aliphatic carbocycles. The van der Waals surface area contributed by atoms with Gasteiger partial charge in [-0.3, -0.25) is 4.79 Å². The molecule has 1 rings (SSSR count). The summed E-state index contributed by atoms with van der Waals surface area (Å²) in [5.41, 5.74) is 0.292. The molecule has 1 aromatic heterocycles. The summed E-state index contributed by atoms with van der Waals surface area (Å²) in [7, 11) is 1.75. The fourth-order valence-electron chi connectivity index (χ4n) is 0.999. The Hall–Kier alpha value is -1.42. The van der Waals surface area contributed by atoms with Crippen molar-refractivity contribution in [1.82, 2.24) is 10.3 Å². The summed E-state index contributed by atoms with van der Waals surface area (Å²) < 4.78 is 0. The van der Waals surface area contributed by atoms with Crippen LogP contribution in [0.1, 0.15) is 19.5 Å². The first kappa shape index (κ1) is 11.7. The maximum atomic E-state index is 11.8.